The number of hydrogen-bond acceptors (Lipinski definition) is 5. The van der Waals surface area contributed by atoms with Gasteiger partial charge in [0.25, 0.3) is 11.8 Å². The number of aliphatic hydroxyl groups is 1. The number of hydrogen-bond donors (Lipinski definition) is 3. The minimum Gasteiger partial charge on any atom is -0.385 e. The average Bonchev–Trinajstić information content (AvgIpc) is 2.98. The summed E-state index contributed by atoms with van der Waals surface area (Å²) in [4.78, 5) is 38.1. The molecule has 3 heterocycles. The van der Waals surface area contributed by atoms with Crippen LogP contribution in [0.2, 0.25) is 0 Å². The number of benzene rings is 1. The predicted molar refractivity (Wildman–Crippen MR) is 93.1 cm³/mol. The summed E-state index contributed by atoms with van der Waals surface area (Å²) in [5.74, 6) is -1.93. The van der Waals surface area contributed by atoms with Gasteiger partial charge in [-0.05, 0) is 45.3 Å². The molecule has 0 aromatic heterocycles. The molecule has 1 unspecified atom stereocenters. The van der Waals surface area contributed by atoms with Crippen molar-refractivity contribution in [3.63, 3.8) is 0 Å². The molecule has 1 aromatic carbocycles. The third kappa shape index (κ3) is 2.66. The number of fused-ring (bicyclic) bond motifs is 1. The first-order chi connectivity index (χ1) is 12.8. The summed E-state index contributed by atoms with van der Waals surface area (Å²) in [5.41, 5.74) is -1.86. The van der Waals surface area contributed by atoms with E-state index in [-0.39, 0.29) is 42.0 Å². The summed E-state index contributed by atoms with van der Waals surface area (Å²) in [6.45, 7) is 2.71. The van der Waals surface area contributed by atoms with Gasteiger partial charge in [0.05, 0.1) is 12.1 Å². The normalized spacial score (nSPS) is 27.5. The molecule has 27 heavy (non-hydrogen) atoms. The van der Waals surface area contributed by atoms with E-state index in [1.165, 1.54) is 17.0 Å². The van der Waals surface area contributed by atoms with Crippen LogP contribution in [0.3, 0.4) is 0 Å². The first-order valence-electron chi connectivity index (χ1n) is 9.17. The Bertz CT molecular complexity index is 850. The standard InChI is InChI=1S/C19H22FN3O4/c1-18(5-4-14(24)22-17(18)26)23-10-12-11(16(23)25)2-3-13(15(12)20)19(27)6-8-21-9-7-19/h2-3,21,27H,4-10H2,1H3,(H,22,24,26). The molecular formula is C19H22FN3O4. The Hall–Kier alpha value is -2.32. The highest BCUT2D eigenvalue weighted by molar-refractivity contribution is 6.07. The minimum absolute atomic E-state index is 0.0553. The highest BCUT2D eigenvalue weighted by Crippen LogP contribution is 2.39. The molecule has 3 amide bonds. The zero-order valence-corrected chi connectivity index (χ0v) is 15.1. The van der Waals surface area contributed by atoms with E-state index in [9.17, 15) is 19.5 Å². The fourth-order valence-electron chi connectivity index (χ4n) is 4.27. The molecule has 7 nitrogen and oxygen atoms in total. The zero-order chi connectivity index (χ0) is 19.4. The summed E-state index contributed by atoms with van der Waals surface area (Å²) in [5, 5.41) is 16.3. The van der Waals surface area contributed by atoms with Crippen molar-refractivity contribution in [2.24, 2.45) is 0 Å². The number of piperidine rings is 2. The van der Waals surface area contributed by atoms with Crippen LogP contribution in [0.5, 0.6) is 0 Å². The Morgan fingerprint density at radius 1 is 1.15 bits per heavy atom. The third-order valence-electron chi connectivity index (χ3n) is 6.14. The molecule has 3 aliphatic heterocycles. The molecule has 1 aromatic rings. The summed E-state index contributed by atoms with van der Waals surface area (Å²) in [7, 11) is 0. The predicted octanol–water partition coefficient (Wildman–Crippen LogP) is 0.548. The van der Waals surface area contributed by atoms with Crippen molar-refractivity contribution < 1.29 is 23.9 Å². The van der Waals surface area contributed by atoms with Crippen molar-refractivity contribution in [1.29, 1.82) is 0 Å². The zero-order valence-electron chi connectivity index (χ0n) is 15.1. The van der Waals surface area contributed by atoms with E-state index in [0.29, 0.717) is 25.9 Å². The fourth-order valence-corrected chi connectivity index (χ4v) is 4.27. The fraction of sp³-hybridized carbons (Fsp3) is 0.526. The molecule has 0 bridgehead atoms. The maximum absolute atomic E-state index is 15.3. The summed E-state index contributed by atoms with van der Waals surface area (Å²) in [6, 6.07) is 3.01. The van der Waals surface area contributed by atoms with Gasteiger partial charge in [0, 0.05) is 23.1 Å². The molecule has 0 aliphatic carbocycles. The number of halogens is 1. The number of carbonyl (C=O) groups excluding carboxylic acids is 3. The van der Waals surface area contributed by atoms with Crippen LogP contribution >= 0.6 is 0 Å². The highest BCUT2D eigenvalue weighted by Gasteiger charge is 2.49. The van der Waals surface area contributed by atoms with Crippen molar-refractivity contribution in [1.82, 2.24) is 15.5 Å². The van der Waals surface area contributed by atoms with Gasteiger partial charge in [0.15, 0.2) is 0 Å². The van der Waals surface area contributed by atoms with Crippen LogP contribution in [0.1, 0.15) is 54.1 Å². The van der Waals surface area contributed by atoms with E-state index in [1.807, 2.05) is 0 Å². The third-order valence-corrected chi connectivity index (χ3v) is 6.14. The first kappa shape index (κ1) is 18.1. The summed E-state index contributed by atoms with van der Waals surface area (Å²) in [6.07, 6.45) is 1.11. The first-order valence-corrected chi connectivity index (χ1v) is 9.17. The second-order valence-corrected chi connectivity index (χ2v) is 7.78. The Kier molecular flexibility index (Phi) is 4.08. The topological polar surface area (TPSA) is 98.7 Å². The molecule has 0 spiro atoms. The second kappa shape index (κ2) is 6.10. The van der Waals surface area contributed by atoms with Crippen molar-refractivity contribution in [2.45, 2.75) is 50.3 Å². The number of imide groups is 1. The van der Waals surface area contributed by atoms with Gasteiger partial charge in [-0.15, -0.1) is 0 Å². The molecule has 0 saturated carbocycles. The Morgan fingerprint density at radius 2 is 1.85 bits per heavy atom. The van der Waals surface area contributed by atoms with Crippen molar-refractivity contribution >= 4 is 17.7 Å². The van der Waals surface area contributed by atoms with Crippen molar-refractivity contribution in [3.8, 4) is 0 Å². The summed E-state index contributed by atoms with van der Waals surface area (Å²) < 4.78 is 15.3. The van der Waals surface area contributed by atoms with E-state index in [4.69, 9.17) is 0 Å². The molecule has 2 fully saturated rings. The van der Waals surface area contributed by atoms with E-state index in [2.05, 4.69) is 10.6 Å². The van der Waals surface area contributed by atoms with Gasteiger partial charge in [-0.3, -0.25) is 19.7 Å². The van der Waals surface area contributed by atoms with Gasteiger partial charge in [0.1, 0.15) is 11.4 Å². The second-order valence-electron chi connectivity index (χ2n) is 7.78. The monoisotopic (exact) mass is 375 g/mol. The lowest BCUT2D eigenvalue weighted by atomic mass is 9.83. The lowest BCUT2D eigenvalue weighted by Gasteiger charge is -2.39. The molecule has 144 valence electrons. The number of nitrogens with zero attached hydrogens (tertiary/aromatic N) is 1. The molecular weight excluding hydrogens is 353 g/mol. The molecule has 3 N–H and O–H groups in total. The lowest BCUT2D eigenvalue weighted by molar-refractivity contribution is -0.142. The molecule has 4 rings (SSSR count). The number of carbonyl (C=O) groups is 3. The van der Waals surface area contributed by atoms with Gasteiger partial charge >= 0.3 is 0 Å². The Morgan fingerprint density at radius 3 is 2.52 bits per heavy atom. The number of nitrogens with one attached hydrogen (secondary N) is 2. The highest BCUT2D eigenvalue weighted by atomic mass is 19.1. The molecule has 8 heteroatoms. The quantitative estimate of drug-likeness (QED) is 0.656. The van der Waals surface area contributed by atoms with Gasteiger partial charge in [-0.1, -0.05) is 6.07 Å². The van der Waals surface area contributed by atoms with Crippen molar-refractivity contribution in [2.75, 3.05) is 13.1 Å². The van der Waals surface area contributed by atoms with E-state index in [0.717, 1.165) is 0 Å². The van der Waals surface area contributed by atoms with Gasteiger partial charge in [-0.2, -0.15) is 0 Å². The van der Waals surface area contributed by atoms with Crippen LogP contribution in [0, 0.1) is 5.82 Å². The maximum atomic E-state index is 15.3. The van der Waals surface area contributed by atoms with Gasteiger partial charge in [-0.25, -0.2) is 4.39 Å². The van der Waals surface area contributed by atoms with Crippen LogP contribution in [-0.2, 0) is 21.7 Å². The number of rotatable bonds is 2. The molecule has 3 aliphatic rings. The molecule has 0 radical (unpaired) electrons. The van der Waals surface area contributed by atoms with Crippen LogP contribution in [0.15, 0.2) is 12.1 Å². The lowest BCUT2D eigenvalue weighted by Crippen LogP contribution is -2.61. The number of amides is 3. The molecule has 1 atom stereocenters. The smallest absolute Gasteiger partial charge is 0.255 e. The van der Waals surface area contributed by atoms with E-state index < -0.39 is 28.8 Å². The van der Waals surface area contributed by atoms with Crippen LogP contribution in [0.4, 0.5) is 4.39 Å². The van der Waals surface area contributed by atoms with Crippen LogP contribution in [-0.4, -0.2) is 46.4 Å². The average molecular weight is 375 g/mol. The van der Waals surface area contributed by atoms with Gasteiger partial charge in [0.2, 0.25) is 5.91 Å². The maximum Gasteiger partial charge on any atom is 0.255 e. The minimum atomic E-state index is -1.26. The Labute approximate surface area is 155 Å². The largest absolute Gasteiger partial charge is 0.385 e. The van der Waals surface area contributed by atoms with Crippen molar-refractivity contribution in [3.05, 3.63) is 34.6 Å². The Balaban J connectivity index is 1.69. The van der Waals surface area contributed by atoms with Crippen LogP contribution in [0.25, 0.3) is 0 Å². The van der Waals surface area contributed by atoms with E-state index >= 15 is 4.39 Å². The van der Waals surface area contributed by atoms with E-state index in [1.54, 1.807) is 6.92 Å². The van der Waals surface area contributed by atoms with Crippen LogP contribution < -0.4 is 10.6 Å². The SMILES string of the molecule is CC1(N2Cc3c(ccc(C4(O)CCNCC4)c3F)C2=O)CCC(=O)NC1=O. The van der Waals surface area contributed by atoms with Gasteiger partial charge < -0.3 is 15.3 Å². The summed E-state index contributed by atoms with van der Waals surface area (Å²) >= 11 is 0. The molecule has 2 saturated heterocycles.